The Morgan fingerprint density at radius 1 is 1.24 bits per heavy atom. The number of fused-ring (bicyclic) bond motifs is 1. The van der Waals surface area contributed by atoms with Crippen LogP contribution >= 0.6 is 0 Å². The van der Waals surface area contributed by atoms with E-state index in [2.05, 4.69) is 15.3 Å². The first-order chi connectivity index (χ1) is 10.2. The highest BCUT2D eigenvalue weighted by Gasteiger charge is 2.19. The van der Waals surface area contributed by atoms with Crippen molar-refractivity contribution in [1.29, 1.82) is 0 Å². The van der Waals surface area contributed by atoms with Crippen LogP contribution in [0.1, 0.15) is 17.5 Å². The van der Waals surface area contributed by atoms with Crippen LogP contribution in [0.3, 0.4) is 0 Å². The van der Waals surface area contributed by atoms with Crippen molar-refractivity contribution in [2.75, 3.05) is 14.2 Å². The average Bonchev–Trinajstić information content (AvgIpc) is 2.91. The van der Waals surface area contributed by atoms with Crippen molar-refractivity contribution >= 4 is 11.0 Å². The Balaban J connectivity index is 2.04. The molecular weight excluding hydrogens is 273 g/mol. The Kier molecular flexibility index (Phi) is 3.53. The molecule has 0 fully saturated rings. The Bertz CT molecular complexity index is 772. The Morgan fingerprint density at radius 2 is 2.10 bits per heavy atom. The zero-order chi connectivity index (χ0) is 14.8. The molecule has 3 rings (SSSR count). The van der Waals surface area contributed by atoms with Gasteiger partial charge in [-0.25, -0.2) is 14.4 Å². The van der Waals surface area contributed by atoms with Crippen LogP contribution in [0, 0.1) is 5.82 Å². The first kappa shape index (κ1) is 13.5. The summed E-state index contributed by atoms with van der Waals surface area (Å²) in [6, 6.07) is 7.69. The number of halogens is 1. The van der Waals surface area contributed by atoms with Crippen LogP contribution in [0.5, 0.6) is 5.88 Å². The third-order valence-corrected chi connectivity index (χ3v) is 3.24. The highest BCUT2D eigenvalue weighted by Crippen LogP contribution is 2.28. The van der Waals surface area contributed by atoms with Crippen LogP contribution in [-0.2, 0) is 0 Å². The molecule has 0 amide bonds. The number of benzene rings is 1. The lowest BCUT2D eigenvalue weighted by molar-refractivity contribution is 0.394. The van der Waals surface area contributed by atoms with E-state index in [1.54, 1.807) is 32.4 Å². The number of ether oxygens (including phenoxy) is 1. The van der Waals surface area contributed by atoms with E-state index in [1.165, 1.54) is 18.5 Å². The Hall–Kier alpha value is -2.47. The second-order valence-electron chi connectivity index (χ2n) is 4.54. The Labute approximate surface area is 120 Å². The van der Waals surface area contributed by atoms with Gasteiger partial charge in [0, 0.05) is 11.5 Å². The van der Waals surface area contributed by atoms with Gasteiger partial charge in [0.1, 0.15) is 29.5 Å². The van der Waals surface area contributed by atoms with Crippen LogP contribution in [0.4, 0.5) is 4.39 Å². The molecule has 3 aromatic rings. The third kappa shape index (κ3) is 2.57. The van der Waals surface area contributed by atoms with Gasteiger partial charge in [-0.1, -0.05) is 0 Å². The third-order valence-electron chi connectivity index (χ3n) is 3.24. The van der Waals surface area contributed by atoms with Crippen molar-refractivity contribution in [2.24, 2.45) is 0 Å². The van der Waals surface area contributed by atoms with Gasteiger partial charge in [0.05, 0.1) is 12.8 Å². The summed E-state index contributed by atoms with van der Waals surface area (Å²) in [5.74, 6) is 0.834. The summed E-state index contributed by atoms with van der Waals surface area (Å²) in [5.41, 5.74) is 1.34. The number of aromatic nitrogens is 2. The van der Waals surface area contributed by atoms with Gasteiger partial charge in [0.15, 0.2) is 0 Å². The number of rotatable bonds is 4. The predicted molar refractivity (Wildman–Crippen MR) is 75.7 cm³/mol. The van der Waals surface area contributed by atoms with E-state index >= 15 is 0 Å². The molecule has 1 N–H and O–H groups in total. The molecule has 0 aliphatic heterocycles. The molecule has 0 saturated carbocycles. The zero-order valence-electron chi connectivity index (χ0n) is 11.6. The van der Waals surface area contributed by atoms with Crippen molar-refractivity contribution in [3.63, 3.8) is 0 Å². The highest BCUT2D eigenvalue weighted by molar-refractivity contribution is 5.78. The fraction of sp³-hybridized carbons (Fsp3) is 0.200. The lowest BCUT2D eigenvalue weighted by Crippen LogP contribution is -2.18. The van der Waals surface area contributed by atoms with E-state index in [9.17, 15) is 4.39 Å². The van der Waals surface area contributed by atoms with Crippen LogP contribution in [0.25, 0.3) is 11.0 Å². The van der Waals surface area contributed by atoms with Crippen LogP contribution in [-0.4, -0.2) is 24.1 Å². The molecule has 0 bridgehead atoms. The molecule has 0 spiro atoms. The summed E-state index contributed by atoms with van der Waals surface area (Å²) in [4.78, 5) is 8.22. The van der Waals surface area contributed by atoms with Crippen molar-refractivity contribution in [3.05, 3.63) is 53.9 Å². The van der Waals surface area contributed by atoms with E-state index in [0.717, 1.165) is 0 Å². The monoisotopic (exact) mass is 287 g/mol. The molecule has 6 heteroatoms. The minimum atomic E-state index is -0.292. The second kappa shape index (κ2) is 5.49. The van der Waals surface area contributed by atoms with Crippen LogP contribution < -0.4 is 10.1 Å². The van der Waals surface area contributed by atoms with Gasteiger partial charge in [-0.05, 0) is 31.3 Å². The van der Waals surface area contributed by atoms with E-state index in [-0.39, 0.29) is 11.9 Å². The first-order valence-corrected chi connectivity index (χ1v) is 6.43. The summed E-state index contributed by atoms with van der Waals surface area (Å²) in [7, 11) is 3.34. The van der Waals surface area contributed by atoms with Crippen molar-refractivity contribution < 1.29 is 13.5 Å². The molecule has 2 aromatic heterocycles. The topological polar surface area (TPSA) is 60.2 Å². The normalized spacial score (nSPS) is 12.5. The molecule has 1 atom stereocenters. The van der Waals surface area contributed by atoms with E-state index in [4.69, 9.17) is 9.15 Å². The molecule has 1 unspecified atom stereocenters. The minimum Gasteiger partial charge on any atom is -0.481 e. The van der Waals surface area contributed by atoms with Gasteiger partial charge in [-0.3, -0.25) is 0 Å². The molecule has 0 aliphatic rings. The van der Waals surface area contributed by atoms with Gasteiger partial charge in [0.25, 0.3) is 0 Å². The SMILES string of the molecule is CNC(c1cc(OC)ncn1)c1cc2cc(F)ccc2o1. The first-order valence-electron chi connectivity index (χ1n) is 6.43. The standard InChI is InChI=1S/C15H14FN3O2/c1-17-15(11-7-14(20-2)19-8-18-11)13-6-9-5-10(16)3-4-12(9)21-13/h3-8,15,17H,1-2H3. The molecule has 21 heavy (non-hydrogen) atoms. The number of methoxy groups -OCH3 is 1. The number of furan rings is 1. The number of nitrogens with one attached hydrogen (secondary N) is 1. The van der Waals surface area contributed by atoms with Gasteiger partial charge in [-0.2, -0.15) is 0 Å². The van der Waals surface area contributed by atoms with Crippen molar-refractivity contribution in [2.45, 2.75) is 6.04 Å². The number of hydrogen-bond acceptors (Lipinski definition) is 5. The lowest BCUT2D eigenvalue weighted by atomic mass is 10.1. The van der Waals surface area contributed by atoms with Gasteiger partial charge >= 0.3 is 0 Å². The van der Waals surface area contributed by atoms with Gasteiger partial charge in [-0.15, -0.1) is 0 Å². The molecule has 0 aliphatic carbocycles. The van der Waals surface area contributed by atoms with Crippen molar-refractivity contribution in [1.82, 2.24) is 15.3 Å². The molecule has 108 valence electrons. The summed E-state index contributed by atoms with van der Waals surface area (Å²) >= 11 is 0. The largest absolute Gasteiger partial charge is 0.481 e. The Morgan fingerprint density at radius 3 is 2.86 bits per heavy atom. The van der Waals surface area contributed by atoms with Gasteiger partial charge in [0.2, 0.25) is 5.88 Å². The average molecular weight is 287 g/mol. The fourth-order valence-electron chi connectivity index (χ4n) is 2.24. The maximum Gasteiger partial charge on any atom is 0.216 e. The van der Waals surface area contributed by atoms with Crippen LogP contribution in [0.2, 0.25) is 0 Å². The quantitative estimate of drug-likeness (QED) is 0.799. The summed E-state index contributed by atoms with van der Waals surface area (Å²) in [6.45, 7) is 0. The molecule has 2 heterocycles. The van der Waals surface area contributed by atoms with E-state index in [0.29, 0.717) is 28.3 Å². The van der Waals surface area contributed by atoms with E-state index < -0.39 is 0 Å². The molecule has 1 aromatic carbocycles. The minimum absolute atomic E-state index is 0.266. The van der Waals surface area contributed by atoms with Gasteiger partial charge < -0.3 is 14.5 Å². The zero-order valence-corrected chi connectivity index (χ0v) is 11.6. The van der Waals surface area contributed by atoms with Crippen LogP contribution in [0.15, 0.2) is 41.1 Å². The van der Waals surface area contributed by atoms with Crippen molar-refractivity contribution in [3.8, 4) is 5.88 Å². The highest BCUT2D eigenvalue weighted by atomic mass is 19.1. The summed E-state index contributed by atoms with van der Waals surface area (Å²) in [6.07, 6.45) is 1.43. The molecular formula is C15H14FN3O2. The summed E-state index contributed by atoms with van der Waals surface area (Å²) < 4.78 is 24.1. The lowest BCUT2D eigenvalue weighted by Gasteiger charge is -2.13. The number of nitrogens with zero attached hydrogens (tertiary/aromatic N) is 2. The maximum atomic E-state index is 13.3. The second-order valence-corrected chi connectivity index (χ2v) is 4.54. The fourth-order valence-corrected chi connectivity index (χ4v) is 2.24. The van der Waals surface area contributed by atoms with E-state index in [1.807, 2.05) is 0 Å². The smallest absolute Gasteiger partial charge is 0.216 e. The predicted octanol–water partition coefficient (Wildman–Crippen LogP) is 2.68. The number of hydrogen-bond donors (Lipinski definition) is 1. The molecule has 0 radical (unpaired) electrons. The summed E-state index contributed by atoms with van der Waals surface area (Å²) in [5, 5.41) is 3.84. The molecule has 0 saturated heterocycles. The maximum absolute atomic E-state index is 13.3. The molecule has 5 nitrogen and oxygen atoms in total.